The van der Waals surface area contributed by atoms with Crippen molar-refractivity contribution < 1.29 is 14.3 Å². The van der Waals surface area contributed by atoms with Crippen molar-refractivity contribution in [2.45, 2.75) is 57.0 Å². The molecule has 25 heavy (non-hydrogen) atoms. The third-order valence-electron chi connectivity index (χ3n) is 4.84. The molecule has 0 spiro atoms. The summed E-state index contributed by atoms with van der Waals surface area (Å²) in [6.07, 6.45) is 11.9. The third-order valence-corrected chi connectivity index (χ3v) is 4.84. The van der Waals surface area contributed by atoms with Gasteiger partial charge in [-0.15, -0.1) is 0 Å². The second-order valence-electron chi connectivity index (χ2n) is 6.93. The van der Waals surface area contributed by atoms with Crippen LogP contribution in [0.4, 0.5) is 0 Å². The predicted molar refractivity (Wildman–Crippen MR) is 96.9 cm³/mol. The van der Waals surface area contributed by atoms with Gasteiger partial charge < -0.3 is 15.4 Å². The molecule has 0 aromatic heterocycles. The molecule has 1 aromatic rings. The average molecular weight is 342 g/mol. The summed E-state index contributed by atoms with van der Waals surface area (Å²) in [5.74, 6) is 0.213. The quantitative estimate of drug-likeness (QED) is 0.774. The molecule has 5 heteroatoms. The van der Waals surface area contributed by atoms with Crippen LogP contribution in [0.5, 0.6) is 5.75 Å². The zero-order valence-corrected chi connectivity index (χ0v) is 14.5. The van der Waals surface area contributed by atoms with Crippen LogP contribution in [0.1, 0.15) is 50.5 Å². The maximum absolute atomic E-state index is 12.7. The average Bonchev–Trinajstić information content (AvgIpc) is 3.45. The van der Waals surface area contributed by atoms with Crippen molar-refractivity contribution in [1.82, 2.24) is 4.90 Å². The van der Waals surface area contributed by atoms with Gasteiger partial charge in [-0.05, 0) is 49.5 Å². The largest absolute Gasteiger partial charge is 0.484 e. The van der Waals surface area contributed by atoms with Crippen molar-refractivity contribution in [2.24, 2.45) is 5.73 Å². The topological polar surface area (TPSA) is 72.6 Å². The van der Waals surface area contributed by atoms with Crippen molar-refractivity contribution in [2.75, 3.05) is 6.61 Å². The molecule has 2 saturated carbocycles. The number of hydrogen-bond donors (Lipinski definition) is 1. The lowest BCUT2D eigenvalue weighted by atomic mass is 9.94. The van der Waals surface area contributed by atoms with Gasteiger partial charge in [-0.3, -0.25) is 9.59 Å². The number of carbonyl (C=O) groups excluding carboxylic acids is 2. The minimum Gasteiger partial charge on any atom is -0.484 e. The highest BCUT2D eigenvalue weighted by Crippen LogP contribution is 2.34. The highest BCUT2D eigenvalue weighted by molar-refractivity contribution is 5.92. The van der Waals surface area contributed by atoms with Crippen LogP contribution in [-0.2, 0) is 9.59 Å². The van der Waals surface area contributed by atoms with E-state index >= 15 is 0 Å². The molecule has 5 nitrogen and oxygen atoms in total. The van der Waals surface area contributed by atoms with Crippen molar-refractivity contribution in [1.29, 1.82) is 0 Å². The number of carbonyl (C=O) groups is 2. The van der Waals surface area contributed by atoms with Crippen LogP contribution in [0.15, 0.2) is 30.3 Å². The molecule has 2 aliphatic rings. The number of nitrogens with zero attached hydrogens (tertiary/aromatic N) is 1. The van der Waals surface area contributed by atoms with Crippen LogP contribution < -0.4 is 10.5 Å². The molecule has 0 radical (unpaired) electrons. The second-order valence-corrected chi connectivity index (χ2v) is 6.93. The number of primary amides is 1. The summed E-state index contributed by atoms with van der Waals surface area (Å²) in [5.41, 5.74) is 5.98. The number of benzene rings is 1. The van der Waals surface area contributed by atoms with Crippen LogP contribution in [0.25, 0.3) is 6.08 Å². The molecular formula is C20H26N2O3. The van der Waals surface area contributed by atoms with Crippen molar-refractivity contribution in [3.05, 3.63) is 35.9 Å². The zero-order chi connectivity index (χ0) is 17.6. The van der Waals surface area contributed by atoms with E-state index in [2.05, 4.69) is 4.90 Å². The van der Waals surface area contributed by atoms with Crippen LogP contribution >= 0.6 is 0 Å². The summed E-state index contributed by atoms with van der Waals surface area (Å²) in [6, 6.07) is 8.14. The molecule has 0 heterocycles. The molecule has 3 rings (SSSR count). The van der Waals surface area contributed by atoms with Crippen LogP contribution in [0.2, 0.25) is 0 Å². The Morgan fingerprint density at radius 2 is 1.68 bits per heavy atom. The monoisotopic (exact) mass is 342 g/mol. The first-order valence-electron chi connectivity index (χ1n) is 9.15. The number of ether oxygens (including phenoxy) is 1. The van der Waals surface area contributed by atoms with Gasteiger partial charge in [0.2, 0.25) is 5.91 Å². The molecule has 0 atom stereocenters. The Morgan fingerprint density at radius 1 is 1.04 bits per heavy atom. The molecule has 0 saturated heterocycles. The first-order valence-corrected chi connectivity index (χ1v) is 9.15. The van der Waals surface area contributed by atoms with Crippen molar-refractivity contribution in [3.8, 4) is 5.75 Å². The van der Waals surface area contributed by atoms with E-state index < -0.39 is 5.91 Å². The van der Waals surface area contributed by atoms with E-state index in [1.807, 2.05) is 18.2 Å². The molecule has 2 N–H and O–H groups in total. The number of nitrogens with two attached hydrogens (primary N) is 1. The van der Waals surface area contributed by atoms with Crippen LogP contribution in [0.3, 0.4) is 0 Å². The molecule has 2 aliphatic carbocycles. The number of amides is 2. The highest BCUT2D eigenvalue weighted by Gasteiger charge is 2.36. The summed E-state index contributed by atoms with van der Waals surface area (Å²) in [7, 11) is 0. The molecule has 134 valence electrons. The summed E-state index contributed by atoms with van der Waals surface area (Å²) in [6.45, 7) is -0.134. The smallest absolute Gasteiger partial charge is 0.255 e. The summed E-state index contributed by atoms with van der Waals surface area (Å²) < 4.78 is 5.23. The van der Waals surface area contributed by atoms with E-state index in [4.69, 9.17) is 10.5 Å². The Balaban J connectivity index is 1.59. The lowest BCUT2D eigenvalue weighted by Crippen LogP contribution is -2.42. The maximum atomic E-state index is 12.7. The molecule has 0 bridgehead atoms. The fraction of sp³-hybridized carbons (Fsp3) is 0.500. The standard InChI is InChI=1S/C20H26N2O3/c21-19(23)14-25-18-11-6-15(7-12-18)8-13-20(24)22(17-9-10-17)16-4-2-1-3-5-16/h6-8,11-13,16-17H,1-5,9-10,14H2,(H2,21,23)/b13-8+. The normalized spacial score (nSPS) is 18.2. The van der Waals surface area contributed by atoms with E-state index in [9.17, 15) is 9.59 Å². The van der Waals surface area contributed by atoms with Gasteiger partial charge in [0, 0.05) is 18.2 Å². The van der Waals surface area contributed by atoms with Gasteiger partial charge in [-0.2, -0.15) is 0 Å². The molecule has 1 aromatic carbocycles. The van der Waals surface area contributed by atoms with Crippen molar-refractivity contribution in [3.63, 3.8) is 0 Å². The first-order chi connectivity index (χ1) is 12.1. The molecule has 0 unspecified atom stereocenters. The predicted octanol–water partition coefficient (Wildman–Crippen LogP) is 2.89. The van der Waals surface area contributed by atoms with Gasteiger partial charge in [0.25, 0.3) is 5.91 Å². The summed E-state index contributed by atoms with van der Waals surface area (Å²) in [5, 5.41) is 0. The van der Waals surface area contributed by atoms with Gasteiger partial charge in [-0.25, -0.2) is 0 Å². The SMILES string of the molecule is NC(=O)COc1ccc(/C=C/C(=O)N(C2CCCCC2)C2CC2)cc1. The van der Waals surface area contributed by atoms with Crippen molar-refractivity contribution >= 4 is 17.9 Å². The van der Waals surface area contributed by atoms with E-state index in [1.165, 1.54) is 19.3 Å². The van der Waals surface area contributed by atoms with Gasteiger partial charge >= 0.3 is 0 Å². The van der Waals surface area contributed by atoms with Crippen LogP contribution in [-0.4, -0.2) is 35.4 Å². The minimum atomic E-state index is -0.502. The second kappa shape index (κ2) is 8.19. The number of hydrogen-bond acceptors (Lipinski definition) is 3. The first kappa shape index (κ1) is 17.5. The summed E-state index contributed by atoms with van der Waals surface area (Å²) >= 11 is 0. The van der Waals surface area contributed by atoms with E-state index in [0.29, 0.717) is 17.8 Å². The Morgan fingerprint density at radius 3 is 2.28 bits per heavy atom. The van der Waals surface area contributed by atoms with Gasteiger partial charge in [0.05, 0.1) is 0 Å². The van der Waals surface area contributed by atoms with Crippen LogP contribution in [0, 0.1) is 0 Å². The minimum absolute atomic E-state index is 0.128. The summed E-state index contributed by atoms with van der Waals surface area (Å²) in [4.78, 5) is 25.5. The Bertz CT molecular complexity index is 629. The Labute approximate surface area is 148 Å². The molecular weight excluding hydrogens is 316 g/mol. The highest BCUT2D eigenvalue weighted by atomic mass is 16.5. The zero-order valence-electron chi connectivity index (χ0n) is 14.5. The lowest BCUT2D eigenvalue weighted by Gasteiger charge is -2.34. The third kappa shape index (κ3) is 5.08. The molecule has 0 aliphatic heterocycles. The molecule has 2 fully saturated rings. The lowest BCUT2D eigenvalue weighted by molar-refractivity contribution is -0.129. The fourth-order valence-corrected chi connectivity index (χ4v) is 3.45. The molecule has 2 amide bonds. The Hall–Kier alpha value is -2.30. The fourth-order valence-electron chi connectivity index (χ4n) is 3.45. The van der Waals surface area contributed by atoms with E-state index in [1.54, 1.807) is 18.2 Å². The van der Waals surface area contributed by atoms with Gasteiger partial charge in [0.1, 0.15) is 5.75 Å². The Kier molecular flexibility index (Phi) is 5.74. The van der Waals surface area contributed by atoms with Gasteiger partial charge in [-0.1, -0.05) is 31.4 Å². The van der Waals surface area contributed by atoms with E-state index in [0.717, 1.165) is 31.2 Å². The van der Waals surface area contributed by atoms with Gasteiger partial charge in [0.15, 0.2) is 6.61 Å². The maximum Gasteiger partial charge on any atom is 0.255 e. The van der Waals surface area contributed by atoms with E-state index in [-0.39, 0.29) is 12.5 Å². The number of rotatable bonds is 7.